The molecule has 1 heterocycles. The summed E-state index contributed by atoms with van der Waals surface area (Å²) in [6.45, 7) is 4.02. The number of ether oxygens (including phenoxy) is 1. The van der Waals surface area contributed by atoms with Gasteiger partial charge in [0.15, 0.2) is 0 Å². The molecule has 1 aliphatic heterocycles. The number of hydrogen-bond acceptors (Lipinski definition) is 3. The zero-order valence-electron chi connectivity index (χ0n) is 13.9. The van der Waals surface area contributed by atoms with Crippen LogP contribution in [0.3, 0.4) is 0 Å². The van der Waals surface area contributed by atoms with Crippen molar-refractivity contribution in [2.75, 3.05) is 33.3 Å². The van der Waals surface area contributed by atoms with Crippen molar-refractivity contribution >= 4 is 12.4 Å². The molecule has 1 aliphatic carbocycles. The van der Waals surface area contributed by atoms with Crippen molar-refractivity contribution < 1.29 is 9.13 Å². The van der Waals surface area contributed by atoms with Gasteiger partial charge in [-0.3, -0.25) is 4.90 Å². The number of nitrogens with zero attached hydrogens (tertiary/aromatic N) is 1. The molecule has 0 spiro atoms. The molecule has 1 N–H and O–H groups in total. The third-order valence-electron chi connectivity index (χ3n) is 5.17. The zero-order chi connectivity index (χ0) is 15.4. The summed E-state index contributed by atoms with van der Waals surface area (Å²) in [7, 11) is 1.59. The van der Waals surface area contributed by atoms with Gasteiger partial charge >= 0.3 is 0 Å². The first-order valence-electron chi connectivity index (χ1n) is 8.58. The molecule has 1 atom stereocenters. The van der Waals surface area contributed by atoms with Crippen LogP contribution in [0.1, 0.15) is 43.7 Å². The lowest BCUT2D eigenvalue weighted by molar-refractivity contribution is 0.100. The monoisotopic (exact) mass is 342 g/mol. The Kier molecular flexibility index (Phi) is 7.12. The lowest BCUT2D eigenvalue weighted by Crippen LogP contribution is -2.47. The van der Waals surface area contributed by atoms with E-state index in [9.17, 15) is 4.39 Å². The summed E-state index contributed by atoms with van der Waals surface area (Å²) >= 11 is 0. The molecular weight excluding hydrogens is 315 g/mol. The van der Waals surface area contributed by atoms with Crippen LogP contribution in [-0.4, -0.2) is 38.2 Å². The molecule has 3 nitrogen and oxygen atoms in total. The van der Waals surface area contributed by atoms with E-state index in [0.29, 0.717) is 11.7 Å². The summed E-state index contributed by atoms with van der Waals surface area (Å²) in [6.07, 6.45) is 6.34. The van der Waals surface area contributed by atoms with Crippen LogP contribution in [0.25, 0.3) is 0 Å². The minimum Gasteiger partial charge on any atom is -0.497 e. The average Bonchev–Trinajstić information content (AvgIpc) is 2.58. The number of methoxy groups -OCH3 is 1. The first-order chi connectivity index (χ1) is 10.8. The van der Waals surface area contributed by atoms with Gasteiger partial charge in [0.1, 0.15) is 11.6 Å². The van der Waals surface area contributed by atoms with Gasteiger partial charge in [0.2, 0.25) is 0 Å². The molecule has 1 aromatic rings. The van der Waals surface area contributed by atoms with Gasteiger partial charge in [-0.05, 0) is 24.8 Å². The fourth-order valence-corrected chi connectivity index (χ4v) is 4.03. The van der Waals surface area contributed by atoms with Crippen LogP contribution >= 0.6 is 12.4 Å². The van der Waals surface area contributed by atoms with Gasteiger partial charge in [0.05, 0.1) is 7.11 Å². The molecule has 2 fully saturated rings. The maximum Gasteiger partial charge on any atom is 0.131 e. The van der Waals surface area contributed by atoms with Crippen molar-refractivity contribution in [3.8, 4) is 5.75 Å². The largest absolute Gasteiger partial charge is 0.497 e. The van der Waals surface area contributed by atoms with Crippen LogP contribution in [-0.2, 0) is 0 Å². The average molecular weight is 343 g/mol. The molecule has 0 radical (unpaired) electrons. The molecule has 23 heavy (non-hydrogen) atoms. The SMILES string of the molecule is COc1ccc([C@H](C2CCCCC2)N2CCNCC2)c(F)c1.Cl. The summed E-state index contributed by atoms with van der Waals surface area (Å²) in [5.41, 5.74) is 0.856. The van der Waals surface area contributed by atoms with Gasteiger partial charge in [0.25, 0.3) is 0 Å². The second-order valence-corrected chi connectivity index (χ2v) is 6.52. The highest BCUT2D eigenvalue weighted by atomic mass is 35.5. The second kappa shape index (κ2) is 8.86. The van der Waals surface area contributed by atoms with Crippen LogP contribution in [0, 0.1) is 11.7 Å². The Balaban J connectivity index is 0.00000192. The number of hydrogen-bond donors (Lipinski definition) is 1. The Labute approximate surface area is 145 Å². The van der Waals surface area contributed by atoms with Crippen LogP contribution in [0.15, 0.2) is 18.2 Å². The van der Waals surface area contributed by atoms with Crippen LogP contribution in [0.4, 0.5) is 4.39 Å². The Bertz CT molecular complexity index is 470. The minimum absolute atomic E-state index is 0. The molecule has 5 heteroatoms. The quantitative estimate of drug-likeness (QED) is 0.901. The normalized spacial score (nSPS) is 21.5. The van der Waals surface area contributed by atoms with Crippen molar-refractivity contribution in [2.24, 2.45) is 5.92 Å². The Morgan fingerprint density at radius 1 is 1.17 bits per heavy atom. The highest BCUT2D eigenvalue weighted by Gasteiger charge is 2.32. The molecule has 1 saturated carbocycles. The highest BCUT2D eigenvalue weighted by molar-refractivity contribution is 5.85. The maximum atomic E-state index is 14.7. The van der Waals surface area contributed by atoms with Gasteiger partial charge in [-0.2, -0.15) is 0 Å². The molecule has 3 rings (SSSR count). The van der Waals surface area contributed by atoms with Crippen LogP contribution in [0.5, 0.6) is 5.75 Å². The Hall–Kier alpha value is -0.840. The molecule has 1 aromatic carbocycles. The molecule has 0 unspecified atom stereocenters. The third kappa shape index (κ3) is 4.37. The summed E-state index contributed by atoms with van der Waals surface area (Å²) in [4.78, 5) is 2.48. The van der Waals surface area contributed by atoms with E-state index in [0.717, 1.165) is 31.7 Å². The molecule has 0 bridgehead atoms. The number of halogens is 2. The van der Waals surface area contributed by atoms with Crippen molar-refractivity contribution in [1.29, 1.82) is 0 Å². The number of piperazine rings is 1. The van der Waals surface area contributed by atoms with E-state index >= 15 is 0 Å². The number of nitrogens with one attached hydrogen (secondary N) is 1. The number of benzene rings is 1. The lowest BCUT2D eigenvalue weighted by Gasteiger charge is -2.41. The second-order valence-electron chi connectivity index (χ2n) is 6.52. The minimum atomic E-state index is -0.117. The van der Waals surface area contributed by atoms with E-state index in [1.807, 2.05) is 12.1 Å². The molecule has 1 saturated heterocycles. The molecule has 0 aromatic heterocycles. The van der Waals surface area contributed by atoms with E-state index in [4.69, 9.17) is 4.74 Å². The Morgan fingerprint density at radius 3 is 2.48 bits per heavy atom. The van der Waals surface area contributed by atoms with Gasteiger partial charge in [-0.25, -0.2) is 4.39 Å². The molecule has 0 amide bonds. The molecule has 130 valence electrons. The predicted octanol–water partition coefficient (Wildman–Crippen LogP) is 3.78. The summed E-state index contributed by atoms with van der Waals surface area (Å²) in [5, 5.41) is 3.40. The van der Waals surface area contributed by atoms with Gasteiger partial charge < -0.3 is 10.1 Å². The summed E-state index contributed by atoms with van der Waals surface area (Å²) in [5.74, 6) is 1.06. The lowest BCUT2D eigenvalue weighted by atomic mass is 9.80. The highest BCUT2D eigenvalue weighted by Crippen LogP contribution is 2.40. The van der Waals surface area contributed by atoms with Crippen molar-refractivity contribution in [3.05, 3.63) is 29.6 Å². The Morgan fingerprint density at radius 2 is 1.87 bits per heavy atom. The molecular formula is C18H28ClFN2O. The molecule has 2 aliphatic rings. The van der Waals surface area contributed by atoms with E-state index in [2.05, 4.69) is 10.2 Å². The van der Waals surface area contributed by atoms with Crippen molar-refractivity contribution in [3.63, 3.8) is 0 Å². The number of rotatable bonds is 4. The van der Waals surface area contributed by atoms with Gasteiger partial charge in [0, 0.05) is 43.9 Å². The zero-order valence-corrected chi connectivity index (χ0v) is 14.7. The van der Waals surface area contributed by atoms with E-state index in [-0.39, 0.29) is 24.3 Å². The standard InChI is InChI=1S/C18H27FN2O.ClH/c1-22-15-7-8-16(17(19)13-15)18(14-5-3-2-4-6-14)21-11-9-20-10-12-21;/h7-8,13-14,18,20H,2-6,9-12H2,1H3;1H/t18-;/m0./s1. The van der Waals surface area contributed by atoms with Gasteiger partial charge in [-0.15, -0.1) is 12.4 Å². The fourth-order valence-electron chi connectivity index (χ4n) is 4.03. The van der Waals surface area contributed by atoms with Crippen molar-refractivity contribution in [2.45, 2.75) is 38.1 Å². The smallest absolute Gasteiger partial charge is 0.131 e. The van der Waals surface area contributed by atoms with Crippen LogP contribution in [0.2, 0.25) is 0 Å². The van der Waals surface area contributed by atoms with E-state index < -0.39 is 0 Å². The van der Waals surface area contributed by atoms with Gasteiger partial charge in [-0.1, -0.05) is 25.3 Å². The van der Waals surface area contributed by atoms with E-state index in [1.54, 1.807) is 7.11 Å². The topological polar surface area (TPSA) is 24.5 Å². The maximum absolute atomic E-state index is 14.7. The fraction of sp³-hybridized carbons (Fsp3) is 0.667. The van der Waals surface area contributed by atoms with Crippen LogP contribution < -0.4 is 10.1 Å². The van der Waals surface area contributed by atoms with E-state index in [1.165, 1.54) is 38.2 Å². The summed E-state index contributed by atoms with van der Waals surface area (Å²) < 4.78 is 19.8. The van der Waals surface area contributed by atoms with Crippen molar-refractivity contribution in [1.82, 2.24) is 10.2 Å². The summed E-state index contributed by atoms with van der Waals surface area (Å²) in [6, 6.07) is 5.59. The third-order valence-corrected chi connectivity index (χ3v) is 5.17. The predicted molar refractivity (Wildman–Crippen MR) is 94.0 cm³/mol. The first-order valence-corrected chi connectivity index (χ1v) is 8.58. The first kappa shape index (κ1) is 18.5.